The summed E-state index contributed by atoms with van der Waals surface area (Å²) in [4.78, 5) is 4.90. The van der Waals surface area contributed by atoms with Gasteiger partial charge in [0.15, 0.2) is 0 Å². The highest BCUT2D eigenvalue weighted by Crippen LogP contribution is 2.37. The topological polar surface area (TPSA) is 12.9 Å². The fourth-order valence-corrected chi connectivity index (χ4v) is 3.64. The number of fused-ring (bicyclic) bond motifs is 3. The van der Waals surface area contributed by atoms with Gasteiger partial charge in [0.25, 0.3) is 0 Å². The molecule has 1 saturated carbocycles. The first-order valence-corrected chi connectivity index (χ1v) is 7.81. The number of hydrogen-bond donors (Lipinski definition) is 0. The summed E-state index contributed by atoms with van der Waals surface area (Å²) in [5.41, 5.74) is 2.13. The Bertz CT molecular complexity index is 803. The maximum absolute atomic E-state index is 13.8. The number of pyridine rings is 1. The zero-order valence-electron chi connectivity index (χ0n) is 12.0. The molecule has 106 valence electrons. The number of hydrogen-bond acceptors (Lipinski definition) is 1. The van der Waals surface area contributed by atoms with Crippen molar-refractivity contribution < 1.29 is 4.39 Å². The monoisotopic (exact) mass is 279 g/mol. The summed E-state index contributed by atoms with van der Waals surface area (Å²) in [5, 5.41) is 3.25. The summed E-state index contributed by atoms with van der Waals surface area (Å²) >= 11 is 0. The van der Waals surface area contributed by atoms with Crippen molar-refractivity contribution in [2.24, 2.45) is 0 Å². The Kier molecular flexibility index (Phi) is 3.10. The Balaban J connectivity index is 2.03. The molecule has 0 aliphatic heterocycles. The Morgan fingerprint density at radius 3 is 2.52 bits per heavy atom. The van der Waals surface area contributed by atoms with E-state index < -0.39 is 0 Å². The van der Waals surface area contributed by atoms with Crippen molar-refractivity contribution >= 4 is 21.7 Å². The minimum absolute atomic E-state index is 0.170. The normalized spacial score (nSPS) is 16.6. The first-order chi connectivity index (χ1) is 10.3. The second kappa shape index (κ2) is 5.10. The lowest BCUT2D eigenvalue weighted by molar-refractivity contribution is 0.439. The van der Waals surface area contributed by atoms with Gasteiger partial charge in [-0.2, -0.15) is 0 Å². The zero-order valence-corrected chi connectivity index (χ0v) is 12.0. The molecule has 3 aromatic rings. The minimum Gasteiger partial charge on any atom is -0.252 e. The third kappa shape index (κ3) is 2.19. The second-order valence-corrected chi connectivity index (χ2v) is 6.04. The van der Waals surface area contributed by atoms with Gasteiger partial charge in [0, 0.05) is 16.7 Å². The SMILES string of the molecule is Fc1ccc2c(c1)c(C1CCCCC1)nc1ccccc12. The molecule has 1 fully saturated rings. The summed E-state index contributed by atoms with van der Waals surface area (Å²) in [7, 11) is 0. The van der Waals surface area contributed by atoms with Crippen molar-refractivity contribution in [3.8, 4) is 0 Å². The number of benzene rings is 2. The van der Waals surface area contributed by atoms with Gasteiger partial charge in [-0.1, -0.05) is 43.5 Å². The lowest BCUT2D eigenvalue weighted by atomic mass is 9.84. The number of para-hydroxylation sites is 1. The molecule has 2 aromatic carbocycles. The predicted molar refractivity (Wildman–Crippen MR) is 85.0 cm³/mol. The van der Waals surface area contributed by atoms with Gasteiger partial charge in [0.05, 0.1) is 11.2 Å². The maximum atomic E-state index is 13.8. The van der Waals surface area contributed by atoms with E-state index in [0.717, 1.165) is 27.4 Å². The van der Waals surface area contributed by atoms with Crippen LogP contribution in [0.25, 0.3) is 21.7 Å². The molecule has 0 radical (unpaired) electrons. The minimum atomic E-state index is -0.170. The fraction of sp³-hybridized carbons (Fsp3) is 0.316. The lowest BCUT2D eigenvalue weighted by Crippen LogP contribution is -2.07. The Labute approximate surface area is 123 Å². The van der Waals surface area contributed by atoms with E-state index >= 15 is 0 Å². The van der Waals surface area contributed by atoms with Crippen LogP contribution in [-0.2, 0) is 0 Å². The van der Waals surface area contributed by atoms with E-state index in [1.54, 1.807) is 12.1 Å². The highest BCUT2D eigenvalue weighted by atomic mass is 19.1. The van der Waals surface area contributed by atoms with Crippen LogP contribution in [0.2, 0.25) is 0 Å². The lowest BCUT2D eigenvalue weighted by Gasteiger charge is -2.23. The van der Waals surface area contributed by atoms with Gasteiger partial charge in [-0.25, -0.2) is 4.39 Å². The van der Waals surface area contributed by atoms with Crippen molar-refractivity contribution in [3.05, 3.63) is 54.0 Å². The van der Waals surface area contributed by atoms with Crippen LogP contribution in [0.5, 0.6) is 0 Å². The van der Waals surface area contributed by atoms with Crippen molar-refractivity contribution in [3.63, 3.8) is 0 Å². The quantitative estimate of drug-likeness (QED) is 0.530. The molecular formula is C19H18FN. The van der Waals surface area contributed by atoms with E-state index in [2.05, 4.69) is 12.1 Å². The molecule has 2 heteroatoms. The van der Waals surface area contributed by atoms with E-state index in [-0.39, 0.29) is 5.82 Å². The van der Waals surface area contributed by atoms with Crippen LogP contribution < -0.4 is 0 Å². The zero-order chi connectivity index (χ0) is 14.2. The molecule has 1 nitrogen and oxygen atoms in total. The third-order valence-electron chi connectivity index (χ3n) is 4.68. The van der Waals surface area contributed by atoms with Crippen LogP contribution in [0.3, 0.4) is 0 Å². The molecule has 1 heterocycles. The summed E-state index contributed by atoms with van der Waals surface area (Å²) in [6.45, 7) is 0. The van der Waals surface area contributed by atoms with E-state index in [1.165, 1.54) is 32.1 Å². The highest BCUT2D eigenvalue weighted by Gasteiger charge is 2.20. The third-order valence-corrected chi connectivity index (χ3v) is 4.68. The van der Waals surface area contributed by atoms with Gasteiger partial charge < -0.3 is 0 Å². The number of halogens is 1. The molecule has 4 rings (SSSR count). The van der Waals surface area contributed by atoms with Crippen LogP contribution in [0.1, 0.15) is 43.7 Å². The average Bonchev–Trinajstić information content (AvgIpc) is 2.54. The molecule has 0 spiro atoms. The number of nitrogens with zero attached hydrogens (tertiary/aromatic N) is 1. The van der Waals surface area contributed by atoms with Crippen LogP contribution in [0.4, 0.5) is 4.39 Å². The van der Waals surface area contributed by atoms with Gasteiger partial charge in [-0.3, -0.25) is 4.98 Å². The highest BCUT2D eigenvalue weighted by molar-refractivity contribution is 6.06. The molecule has 1 aliphatic rings. The van der Waals surface area contributed by atoms with Crippen LogP contribution in [0, 0.1) is 5.82 Å². The average molecular weight is 279 g/mol. The standard InChI is InChI=1S/C19H18FN/c20-14-10-11-15-16-8-4-5-9-18(16)21-19(17(15)12-14)13-6-2-1-3-7-13/h4-5,8-13H,1-3,6-7H2. The summed E-state index contributed by atoms with van der Waals surface area (Å²) < 4.78 is 13.8. The predicted octanol–water partition coefficient (Wildman–Crippen LogP) is 5.57. The molecule has 0 saturated heterocycles. The number of aromatic nitrogens is 1. The molecular weight excluding hydrogens is 261 g/mol. The molecule has 0 bridgehead atoms. The van der Waals surface area contributed by atoms with E-state index in [9.17, 15) is 4.39 Å². The molecule has 1 aliphatic carbocycles. The van der Waals surface area contributed by atoms with Crippen molar-refractivity contribution in [2.75, 3.05) is 0 Å². The molecule has 0 N–H and O–H groups in total. The molecule has 1 aromatic heterocycles. The van der Waals surface area contributed by atoms with Gasteiger partial charge in [0.2, 0.25) is 0 Å². The summed E-state index contributed by atoms with van der Waals surface area (Å²) in [6.07, 6.45) is 6.19. The Morgan fingerprint density at radius 1 is 0.857 bits per heavy atom. The van der Waals surface area contributed by atoms with Gasteiger partial charge >= 0.3 is 0 Å². The first-order valence-electron chi connectivity index (χ1n) is 7.81. The summed E-state index contributed by atoms with van der Waals surface area (Å²) in [6, 6.07) is 13.3. The molecule has 0 atom stereocenters. The van der Waals surface area contributed by atoms with Gasteiger partial charge in [0.1, 0.15) is 5.82 Å². The van der Waals surface area contributed by atoms with Gasteiger partial charge in [-0.15, -0.1) is 0 Å². The first kappa shape index (κ1) is 12.8. The van der Waals surface area contributed by atoms with Crippen LogP contribution in [0.15, 0.2) is 42.5 Å². The van der Waals surface area contributed by atoms with E-state index in [4.69, 9.17) is 4.98 Å². The Morgan fingerprint density at radius 2 is 1.67 bits per heavy atom. The Hall–Kier alpha value is -1.96. The molecule has 0 amide bonds. The largest absolute Gasteiger partial charge is 0.252 e. The molecule has 0 unspecified atom stereocenters. The van der Waals surface area contributed by atoms with Crippen molar-refractivity contribution in [1.82, 2.24) is 4.98 Å². The van der Waals surface area contributed by atoms with Gasteiger partial charge in [-0.05, 0) is 36.4 Å². The second-order valence-electron chi connectivity index (χ2n) is 6.04. The van der Waals surface area contributed by atoms with Crippen molar-refractivity contribution in [2.45, 2.75) is 38.0 Å². The van der Waals surface area contributed by atoms with E-state index in [0.29, 0.717) is 5.92 Å². The molecule has 21 heavy (non-hydrogen) atoms. The van der Waals surface area contributed by atoms with E-state index in [1.807, 2.05) is 18.2 Å². The smallest absolute Gasteiger partial charge is 0.123 e. The van der Waals surface area contributed by atoms with Crippen molar-refractivity contribution in [1.29, 1.82) is 0 Å². The summed E-state index contributed by atoms with van der Waals surface area (Å²) in [5.74, 6) is 0.310. The fourth-order valence-electron chi connectivity index (χ4n) is 3.64. The van der Waals surface area contributed by atoms with Crippen LogP contribution in [-0.4, -0.2) is 4.98 Å². The number of rotatable bonds is 1. The van der Waals surface area contributed by atoms with Crippen LogP contribution >= 0.6 is 0 Å². The maximum Gasteiger partial charge on any atom is 0.123 e.